The van der Waals surface area contributed by atoms with Crippen molar-refractivity contribution < 1.29 is 40.0 Å². The molecule has 0 aliphatic heterocycles. The fourth-order valence-electron chi connectivity index (χ4n) is 3.31. The van der Waals surface area contributed by atoms with Gasteiger partial charge in [0.05, 0.1) is 19.3 Å². The number of hydrogen-bond acceptors (Lipinski definition) is 6. The summed E-state index contributed by atoms with van der Waals surface area (Å²) in [7, 11) is -1.54. The summed E-state index contributed by atoms with van der Waals surface area (Å²) in [4.78, 5) is 14.0. The van der Waals surface area contributed by atoms with Gasteiger partial charge in [-0.25, -0.2) is 0 Å². The first-order chi connectivity index (χ1) is 17.0. The number of benzene rings is 3. The van der Waals surface area contributed by atoms with E-state index in [1.54, 1.807) is 30.3 Å². The number of hydrogen-bond donors (Lipinski definition) is 0. The van der Waals surface area contributed by atoms with E-state index in [0.29, 0.717) is 22.9 Å². The van der Waals surface area contributed by atoms with Gasteiger partial charge in [0.15, 0.2) is 0 Å². The fourth-order valence-corrected chi connectivity index (χ4v) is 4.28. The van der Waals surface area contributed by atoms with Crippen LogP contribution in [0.15, 0.2) is 77.7 Å². The molecule has 3 aromatic rings. The topological polar surface area (TPSA) is 82.1 Å². The molecule has 3 rings (SSSR count). The van der Waals surface area contributed by atoms with E-state index in [9.17, 15) is 26.4 Å². The molecule has 7 nitrogen and oxygen atoms in total. The van der Waals surface area contributed by atoms with Gasteiger partial charge in [-0.1, -0.05) is 24.3 Å². The minimum absolute atomic E-state index is 0.0974. The number of rotatable bonds is 10. The summed E-state index contributed by atoms with van der Waals surface area (Å²) in [5.41, 5.74) is -0.171. The van der Waals surface area contributed by atoms with Gasteiger partial charge in [0.1, 0.15) is 16.4 Å². The van der Waals surface area contributed by atoms with E-state index in [-0.39, 0.29) is 31.4 Å². The molecular weight excluding hydrogens is 499 g/mol. The predicted octanol–water partition coefficient (Wildman–Crippen LogP) is 4.77. The molecule has 36 heavy (non-hydrogen) atoms. The highest BCUT2D eigenvalue weighted by Gasteiger charge is 2.32. The van der Waals surface area contributed by atoms with Crippen molar-refractivity contribution in [2.75, 3.05) is 27.4 Å². The van der Waals surface area contributed by atoms with E-state index in [2.05, 4.69) is 0 Å². The molecule has 0 saturated heterocycles. The molecule has 0 atom stereocenters. The maximum Gasteiger partial charge on any atom is 0.416 e. The Labute approximate surface area is 207 Å². The van der Waals surface area contributed by atoms with Crippen molar-refractivity contribution in [1.29, 1.82) is 0 Å². The van der Waals surface area contributed by atoms with Crippen molar-refractivity contribution in [3.63, 3.8) is 0 Å². The zero-order valence-corrected chi connectivity index (χ0v) is 20.3. The van der Waals surface area contributed by atoms with Crippen LogP contribution >= 0.6 is 0 Å². The lowest BCUT2D eigenvalue weighted by molar-refractivity contribution is -0.137. The van der Waals surface area contributed by atoms with Crippen LogP contribution in [-0.4, -0.2) is 46.6 Å². The first kappa shape index (κ1) is 27.0. The lowest BCUT2D eigenvalue weighted by Crippen LogP contribution is -2.33. The first-order valence-corrected chi connectivity index (χ1v) is 12.1. The second-order valence-corrected chi connectivity index (χ2v) is 9.21. The highest BCUT2D eigenvalue weighted by Crippen LogP contribution is 2.31. The Hall–Kier alpha value is -3.57. The normalized spacial score (nSPS) is 11.7. The van der Waals surface area contributed by atoms with Crippen LogP contribution < -0.4 is 8.92 Å². The van der Waals surface area contributed by atoms with Crippen LogP contribution in [0.3, 0.4) is 0 Å². The Bertz CT molecular complexity index is 1310. The standard InChI is InChI=1S/C25H24F3NO6S/c1-33-13-12-29(24(30)19-7-4-9-21(15-19)34-2)17-18-6-3-10-22(14-18)35-36(31,32)23-11-5-8-20(16-23)25(26,27)28/h3-11,14-16H,12-13,17H2,1-2H3. The molecular formula is C25H24F3NO6S. The zero-order chi connectivity index (χ0) is 26.3. The molecule has 0 N–H and O–H groups in total. The van der Waals surface area contributed by atoms with Gasteiger partial charge in [-0.15, -0.1) is 0 Å². The van der Waals surface area contributed by atoms with Gasteiger partial charge in [0.2, 0.25) is 0 Å². The van der Waals surface area contributed by atoms with E-state index in [0.717, 1.165) is 18.2 Å². The molecule has 0 aliphatic rings. The van der Waals surface area contributed by atoms with E-state index >= 15 is 0 Å². The summed E-state index contributed by atoms with van der Waals surface area (Å²) in [5.74, 6) is 0.113. The SMILES string of the molecule is COCCN(Cc1cccc(OS(=O)(=O)c2cccc(C(F)(F)F)c2)c1)C(=O)c1cccc(OC)c1. The second-order valence-electron chi connectivity index (χ2n) is 7.66. The van der Waals surface area contributed by atoms with Crippen LogP contribution in [0.2, 0.25) is 0 Å². The Morgan fingerprint density at radius 2 is 1.61 bits per heavy atom. The molecule has 3 aromatic carbocycles. The summed E-state index contributed by atoms with van der Waals surface area (Å²) < 4.78 is 79.6. The molecule has 0 aromatic heterocycles. The average Bonchev–Trinajstić information content (AvgIpc) is 2.85. The molecule has 192 valence electrons. The molecule has 0 spiro atoms. The van der Waals surface area contributed by atoms with Crippen LogP contribution in [0.5, 0.6) is 11.5 Å². The Morgan fingerprint density at radius 3 is 2.31 bits per heavy atom. The fraction of sp³-hybridized carbons (Fsp3) is 0.240. The Balaban J connectivity index is 1.82. The third kappa shape index (κ3) is 6.98. The number of amides is 1. The van der Waals surface area contributed by atoms with Crippen LogP contribution in [-0.2, 0) is 27.6 Å². The number of ether oxygens (including phenoxy) is 2. The molecule has 0 fully saturated rings. The zero-order valence-electron chi connectivity index (χ0n) is 19.5. The van der Waals surface area contributed by atoms with Crippen LogP contribution in [0.1, 0.15) is 21.5 Å². The molecule has 0 unspecified atom stereocenters. The lowest BCUT2D eigenvalue weighted by atomic mass is 10.1. The van der Waals surface area contributed by atoms with Gasteiger partial charge in [-0.05, 0) is 54.1 Å². The average molecular weight is 524 g/mol. The maximum absolute atomic E-state index is 13.1. The Kier molecular flexibility index (Phi) is 8.59. The van der Waals surface area contributed by atoms with Crippen molar-refractivity contribution >= 4 is 16.0 Å². The predicted molar refractivity (Wildman–Crippen MR) is 125 cm³/mol. The first-order valence-electron chi connectivity index (χ1n) is 10.7. The molecule has 11 heteroatoms. The summed E-state index contributed by atoms with van der Waals surface area (Å²) in [6.07, 6.45) is -4.70. The van der Waals surface area contributed by atoms with Crippen molar-refractivity contribution in [3.05, 3.63) is 89.5 Å². The highest BCUT2D eigenvalue weighted by atomic mass is 32.2. The van der Waals surface area contributed by atoms with Gasteiger partial charge >= 0.3 is 16.3 Å². The number of nitrogens with zero attached hydrogens (tertiary/aromatic N) is 1. The molecule has 0 bridgehead atoms. The van der Waals surface area contributed by atoms with E-state index in [1.165, 1.54) is 37.3 Å². The van der Waals surface area contributed by atoms with Gasteiger partial charge in [0, 0.05) is 25.8 Å². The van der Waals surface area contributed by atoms with E-state index in [1.807, 2.05) is 0 Å². The highest BCUT2D eigenvalue weighted by molar-refractivity contribution is 7.87. The van der Waals surface area contributed by atoms with Gasteiger partial charge in [-0.2, -0.15) is 21.6 Å². The number of carbonyl (C=O) groups is 1. The summed E-state index contributed by atoms with van der Waals surface area (Å²) >= 11 is 0. The summed E-state index contributed by atoms with van der Waals surface area (Å²) in [6, 6.07) is 15.9. The minimum Gasteiger partial charge on any atom is -0.497 e. The number of carbonyl (C=O) groups excluding carboxylic acids is 1. The smallest absolute Gasteiger partial charge is 0.416 e. The number of alkyl halides is 3. The number of methoxy groups -OCH3 is 2. The van der Waals surface area contributed by atoms with Crippen LogP contribution in [0, 0.1) is 0 Å². The molecule has 0 aliphatic carbocycles. The van der Waals surface area contributed by atoms with Crippen molar-refractivity contribution in [2.45, 2.75) is 17.6 Å². The van der Waals surface area contributed by atoms with Crippen molar-refractivity contribution in [1.82, 2.24) is 4.90 Å². The third-order valence-corrected chi connectivity index (χ3v) is 6.34. The largest absolute Gasteiger partial charge is 0.497 e. The molecule has 1 amide bonds. The monoisotopic (exact) mass is 523 g/mol. The number of halogens is 3. The van der Waals surface area contributed by atoms with Crippen LogP contribution in [0.4, 0.5) is 13.2 Å². The van der Waals surface area contributed by atoms with Gasteiger partial charge in [0.25, 0.3) is 5.91 Å². The lowest BCUT2D eigenvalue weighted by Gasteiger charge is -2.23. The van der Waals surface area contributed by atoms with Gasteiger partial charge in [-0.3, -0.25) is 4.79 Å². The third-order valence-electron chi connectivity index (χ3n) is 5.10. The van der Waals surface area contributed by atoms with E-state index < -0.39 is 26.8 Å². The molecule has 0 radical (unpaired) electrons. The molecule has 0 saturated carbocycles. The second kappa shape index (κ2) is 11.4. The Morgan fingerprint density at radius 1 is 0.917 bits per heavy atom. The summed E-state index contributed by atoms with van der Waals surface area (Å²) in [5, 5.41) is 0. The van der Waals surface area contributed by atoms with E-state index in [4.69, 9.17) is 13.7 Å². The van der Waals surface area contributed by atoms with Crippen molar-refractivity contribution in [2.24, 2.45) is 0 Å². The van der Waals surface area contributed by atoms with Crippen molar-refractivity contribution in [3.8, 4) is 11.5 Å². The minimum atomic E-state index is -4.70. The maximum atomic E-state index is 13.1. The van der Waals surface area contributed by atoms with Gasteiger partial charge < -0.3 is 18.6 Å². The van der Waals surface area contributed by atoms with Crippen LogP contribution in [0.25, 0.3) is 0 Å². The summed E-state index contributed by atoms with van der Waals surface area (Å²) in [6.45, 7) is 0.607. The quantitative estimate of drug-likeness (QED) is 0.356. The molecule has 0 heterocycles.